The van der Waals surface area contributed by atoms with Crippen molar-refractivity contribution in [2.75, 3.05) is 0 Å². The normalized spacial score (nSPS) is 13.1. The lowest BCUT2D eigenvalue weighted by atomic mass is 9.99. The van der Waals surface area contributed by atoms with Crippen LogP contribution < -0.4 is 5.32 Å². The van der Waals surface area contributed by atoms with E-state index < -0.39 is 0 Å². The minimum atomic E-state index is 0.00283. The molecule has 1 N–H and O–H groups in total. The van der Waals surface area contributed by atoms with E-state index in [2.05, 4.69) is 25.2 Å². The number of aromatic nitrogens is 2. The fourth-order valence-corrected chi connectivity index (χ4v) is 4.02. The Morgan fingerprint density at radius 3 is 2.52 bits per heavy atom. The second kappa shape index (κ2) is 8.95. The second-order valence-corrected chi connectivity index (χ2v) is 8.30. The second-order valence-electron chi connectivity index (χ2n) is 7.89. The average molecular weight is 433 g/mol. The molecule has 1 amide bonds. The number of aryl methyl sites for hydroxylation is 1. The highest BCUT2D eigenvalue weighted by Gasteiger charge is 2.24. The molecule has 0 spiro atoms. The average Bonchev–Trinajstić information content (AvgIpc) is 3.53. The molecule has 1 aliphatic carbocycles. The van der Waals surface area contributed by atoms with E-state index in [1.165, 1.54) is 5.56 Å². The molecule has 1 aliphatic rings. The van der Waals surface area contributed by atoms with Gasteiger partial charge in [0.2, 0.25) is 0 Å². The SMILES string of the molecule is CCc1nn(-c2ccc(C#N)c(Cl)c2)c(CC)c1Cc1ccc(C(=O)NC2CC2)cc1. The highest BCUT2D eigenvalue weighted by molar-refractivity contribution is 6.31. The first-order chi connectivity index (χ1) is 15.0. The summed E-state index contributed by atoms with van der Waals surface area (Å²) in [6, 6.07) is 15.7. The number of rotatable bonds is 7. The van der Waals surface area contributed by atoms with Gasteiger partial charge in [-0.15, -0.1) is 0 Å². The molecule has 1 aromatic heterocycles. The van der Waals surface area contributed by atoms with Crippen molar-refractivity contribution in [2.45, 2.75) is 52.0 Å². The zero-order valence-corrected chi connectivity index (χ0v) is 18.5. The smallest absolute Gasteiger partial charge is 0.251 e. The molecule has 0 bridgehead atoms. The molecule has 3 aromatic rings. The lowest BCUT2D eigenvalue weighted by Crippen LogP contribution is -2.25. The number of nitriles is 1. The van der Waals surface area contributed by atoms with E-state index in [-0.39, 0.29) is 5.91 Å². The Morgan fingerprint density at radius 2 is 1.94 bits per heavy atom. The molecule has 4 rings (SSSR count). The third-order valence-electron chi connectivity index (χ3n) is 5.67. The molecule has 6 heteroatoms. The summed E-state index contributed by atoms with van der Waals surface area (Å²) in [5.74, 6) is 0.00283. The highest BCUT2D eigenvalue weighted by Crippen LogP contribution is 2.26. The van der Waals surface area contributed by atoms with Crippen LogP contribution in [0.4, 0.5) is 0 Å². The predicted molar refractivity (Wildman–Crippen MR) is 122 cm³/mol. The number of carbonyl (C=O) groups is 1. The molecule has 0 aliphatic heterocycles. The van der Waals surface area contributed by atoms with Gasteiger partial charge in [0.05, 0.1) is 22.0 Å². The molecule has 0 saturated heterocycles. The van der Waals surface area contributed by atoms with Gasteiger partial charge in [0.1, 0.15) is 6.07 Å². The van der Waals surface area contributed by atoms with Gasteiger partial charge in [0, 0.05) is 29.3 Å². The summed E-state index contributed by atoms with van der Waals surface area (Å²) in [5.41, 5.74) is 6.54. The standard InChI is InChI=1S/C25H25ClN4O/c1-3-23-21(13-16-5-7-17(8-6-16)25(31)28-19-10-11-19)24(4-2)30(29-23)20-12-9-18(15-27)22(26)14-20/h5-9,12,14,19H,3-4,10-11,13H2,1-2H3,(H,28,31). The Balaban J connectivity index is 1.63. The van der Waals surface area contributed by atoms with Crippen LogP contribution in [-0.2, 0) is 19.3 Å². The minimum Gasteiger partial charge on any atom is -0.349 e. The Morgan fingerprint density at radius 1 is 1.19 bits per heavy atom. The van der Waals surface area contributed by atoms with Crippen LogP contribution in [0.15, 0.2) is 42.5 Å². The Bertz CT molecular complexity index is 1150. The molecule has 1 fully saturated rings. The van der Waals surface area contributed by atoms with E-state index in [0.29, 0.717) is 22.2 Å². The van der Waals surface area contributed by atoms with E-state index in [0.717, 1.165) is 54.7 Å². The number of halogens is 1. The molecular weight excluding hydrogens is 408 g/mol. The summed E-state index contributed by atoms with van der Waals surface area (Å²) in [6.07, 6.45) is 4.56. The minimum absolute atomic E-state index is 0.00283. The molecule has 2 aromatic carbocycles. The van der Waals surface area contributed by atoms with Gasteiger partial charge in [-0.25, -0.2) is 4.68 Å². The van der Waals surface area contributed by atoms with Crippen molar-refractivity contribution in [3.63, 3.8) is 0 Å². The van der Waals surface area contributed by atoms with E-state index in [9.17, 15) is 4.79 Å². The van der Waals surface area contributed by atoms with E-state index in [4.69, 9.17) is 22.0 Å². The van der Waals surface area contributed by atoms with E-state index in [1.54, 1.807) is 12.1 Å². The molecule has 1 heterocycles. The largest absolute Gasteiger partial charge is 0.349 e. The Hall–Kier alpha value is -3.10. The Kier molecular flexibility index (Phi) is 6.11. The van der Waals surface area contributed by atoms with Gasteiger partial charge in [-0.1, -0.05) is 37.6 Å². The van der Waals surface area contributed by atoms with Gasteiger partial charge in [0.15, 0.2) is 0 Å². The molecule has 0 radical (unpaired) electrons. The van der Waals surface area contributed by atoms with Crippen molar-refractivity contribution >= 4 is 17.5 Å². The van der Waals surface area contributed by atoms with Crippen molar-refractivity contribution in [3.05, 3.63) is 81.1 Å². The topological polar surface area (TPSA) is 70.7 Å². The predicted octanol–water partition coefficient (Wildman–Crippen LogP) is 5.01. The van der Waals surface area contributed by atoms with Crippen LogP contribution >= 0.6 is 11.6 Å². The summed E-state index contributed by atoms with van der Waals surface area (Å²) >= 11 is 6.26. The number of hydrogen-bond donors (Lipinski definition) is 1. The number of carbonyl (C=O) groups excluding carboxylic acids is 1. The van der Waals surface area contributed by atoms with Crippen molar-refractivity contribution in [1.82, 2.24) is 15.1 Å². The summed E-state index contributed by atoms with van der Waals surface area (Å²) in [7, 11) is 0. The van der Waals surface area contributed by atoms with Gasteiger partial charge in [-0.2, -0.15) is 10.4 Å². The van der Waals surface area contributed by atoms with E-state index in [1.807, 2.05) is 35.0 Å². The van der Waals surface area contributed by atoms with Crippen molar-refractivity contribution in [3.8, 4) is 11.8 Å². The third kappa shape index (κ3) is 4.50. The lowest BCUT2D eigenvalue weighted by molar-refractivity contribution is 0.0951. The summed E-state index contributed by atoms with van der Waals surface area (Å²) in [6.45, 7) is 4.22. The maximum absolute atomic E-state index is 12.2. The number of hydrogen-bond acceptors (Lipinski definition) is 3. The molecular formula is C25H25ClN4O. The van der Waals surface area contributed by atoms with Gasteiger partial charge in [-0.05, 0) is 61.6 Å². The molecule has 5 nitrogen and oxygen atoms in total. The van der Waals surface area contributed by atoms with Crippen molar-refractivity contribution < 1.29 is 4.79 Å². The van der Waals surface area contributed by atoms with Crippen LogP contribution in [0.25, 0.3) is 5.69 Å². The van der Waals surface area contributed by atoms with Gasteiger partial charge in [0.25, 0.3) is 5.91 Å². The highest BCUT2D eigenvalue weighted by atomic mass is 35.5. The van der Waals surface area contributed by atoms with Gasteiger partial charge in [-0.3, -0.25) is 4.79 Å². The summed E-state index contributed by atoms with van der Waals surface area (Å²) in [5, 5.41) is 17.5. The van der Waals surface area contributed by atoms with Crippen LogP contribution in [0.2, 0.25) is 5.02 Å². The zero-order valence-electron chi connectivity index (χ0n) is 17.8. The monoisotopic (exact) mass is 432 g/mol. The van der Waals surface area contributed by atoms with E-state index >= 15 is 0 Å². The fourth-order valence-electron chi connectivity index (χ4n) is 3.80. The van der Waals surface area contributed by atoms with Gasteiger partial charge >= 0.3 is 0 Å². The quantitative estimate of drug-likeness (QED) is 0.570. The Labute approximate surface area is 187 Å². The lowest BCUT2D eigenvalue weighted by Gasteiger charge is -2.10. The third-order valence-corrected chi connectivity index (χ3v) is 5.98. The molecule has 0 unspecified atom stereocenters. The first-order valence-corrected chi connectivity index (χ1v) is 11.1. The molecule has 0 atom stereocenters. The number of nitrogens with zero attached hydrogens (tertiary/aromatic N) is 3. The summed E-state index contributed by atoms with van der Waals surface area (Å²) in [4.78, 5) is 12.2. The molecule has 31 heavy (non-hydrogen) atoms. The zero-order chi connectivity index (χ0) is 22.0. The first kappa shape index (κ1) is 21.1. The summed E-state index contributed by atoms with van der Waals surface area (Å²) < 4.78 is 1.94. The van der Waals surface area contributed by atoms with Crippen LogP contribution in [0, 0.1) is 11.3 Å². The van der Waals surface area contributed by atoms with Crippen LogP contribution in [0.3, 0.4) is 0 Å². The maximum Gasteiger partial charge on any atom is 0.251 e. The van der Waals surface area contributed by atoms with Crippen LogP contribution in [0.5, 0.6) is 0 Å². The van der Waals surface area contributed by atoms with Crippen molar-refractivity contribution in [2.24, 2.45) is 0 Å². The fraction of sp³-hybridized carbons (Fsp3) is 0.320. The van der Waals surface area contributed by atoms with Gasteiger partial charge < -0.3 is 5.32 Å². The molecule has 158 valence electrons. The number of amides is 1. The van der Waals surface area contributed by atoms with Crippen LogP contribution in [-0.4, -0.2) is 21.7 Å². The molecule has 1 saturated carbocycles. The first-order valence-electron chi connectivity index (χ1n) is 10.7. The maximum atomic E-state index is 12.2. The number of nitrogens with one attached hydrogen (secondary N) is 1. The number of benzene rings is 2. The van der Waals surface area contributed by atoms with Crippen LogP contribution in [0.1, 0.15) is 65.1 Å². The van der Waals surface area contributed by atoms with Crippen molar-refractivity contribution in [1.29, 1.82) is 5.26 Å².